The van der Waals surface area contributed by atoms with E-state index in [0.29, 0.717) is 11.4 Å². The van der Waals surface area contributed by atoms with Gasteiger partial charge in [0.05, 0.1) is 23.9 Å². The van der Waals surface area contributed by atoms with Crippen molar-refractivity contribution >= 4 is 11.7 Å². The molecule has 1 rings (SSSR count). The van der Waals surface area contributed by atoms with Crippen LogP contribution in [0.4, 0.5) is 5.82 Å². The van der Waals surface area contributed by atoms with Gasteiger partial charge in [-0.1, -0.05) is 0 Å². The molecule has 0 radical (unpaired) electrons. The Balaban J connectivity index is 3.18. The first kappa shape index (κ1) is 12.4. The molecule has 0 spiro atoms. The Hall–Kier alpha value is -1.69. The first-order valence-electron chi connectivity index (χ1n) is 4.91. The van der Waals surface area contributed by atoms with E-state index in [9.17, 15) is 5.11 Å². The molecule has 88 valence electrons. The maximum atomic E-state index is 9.28. The van der Waals surface area contributed by atoms with Gasteiger partial charge in [-0.25, -0.2) is 0 Å². The van der Waals surface area contributed by atoms with E-state index in [4.69, 9.17) is 11.1 Å². The number of nitrogens with two attached hydrogens (primary N) is 1. The smallest absolute Gasteiger partial charge is 0.162 e. The zero-order valence-corrected chi connectivity index (χ0v) is 9.73. The summed E-state index contributed by atoms with van der Waals surface area (Å²) >= 11 is 0. The first-order valence-corrected chi connectivity index (χ1v) is 4.91. The molecule has 0 atom stereocenters. The fraction of sp³-hybridized carbons (Fsp3) is 0.500. The number of hydrogen-bond acceptors (Lipinski definition) is 5. The lowest BCUT2D eigenvalue weighted by Crippen LogP contribution is -2.45. The lowest BCUT2D eigenvalue weighted by atomic mass is 10.0. The summed E-state index contributed by atoms with van der Waals surface area (Å²) in [5, 5.41) is 24.5. The van der Waals surface area contributed by atoms with Crippen LogP contribution in [0, 0.1) is 5.41 Å². The van der Waals surface area contributed by atoms with Crippen molar-refractivity contribution in [3.8, 4) is 0 Å². The highest BCUT2D eigenvalue weighted by Crippen LogP contribution is 2.22. The average Bonchev–Trinajstić information content (AvgIpc) is 2.28. The Morgan fingerprint density at radius 3 is 2.75 bits per heavy atom. The predicted octanol–water partition coefficient (Wildman–Crippen LogP) is -0.0322. The van der Waals surface area contributed by atoms with Crippen molar-refractivity contribution in [3.05, 3.63) is 17.8 Å². The van der Waals surface area contributed by atoms with E-state index in [2.05, 4.69) is 10.2 Å². The van der Waals surface area contributed by atoms with Crippen LogP contribution >= 0.6 is 0 Å². The molecule has 1 aromatic rings. The summed E-state index contributed by atoms with van der Waals surface area (Å²) in [7, 11) is 1.78. The number of amidine groups is 1. The van der Waals surface area contributed by atoms with Crippen LogP contribution in [0.15, 0.2) is 12.3 Å². The highest BCUT2D eigenvalue weighted by Gasteiger charge is 2.26. The van der Waals surface area contributed by atoms with E-state index >= 15 is 0 Å². The van der Waals surface area contributed by atoms with Crippen LogP contribution < -0.4 is 10.6 Å². The molecule has 0 fully saturated rings. The van der Waals surface area contributed by atoms with Gasteiger partial charge in [-0.15, -0.1) is 5.10 Å². The third kappa shape index (κ3) is 2.27. The van der Waals surface area contributed by atoms with Gasteiger partial charge >= 0.3 is 0 Å². The second-order valence-corrected chi connectivity index (χ2v) is 4.21. The molecule has 4 N–H and O–H groups in total. The summed E-state index contributed by atoms with van der Waals surface area (Å²) in [6.45, 7) is 3.70. The molecule has 0 aromatic carbocycles. The minimum absolute atomic E-state index is 0.0303. The molecule has 6 heteroatoms. The molecule has 0 saturated carbocycles. The van der Waals surface area contributed by atoms with Gasteiger partial charge < -0.3 is 15.7 Å². The maximum absolute atomic E-state index is 9.28. The van der Waals surface area contributed by atoms with E-state index in [1.165, 1.54) is 6.20 Å². The Kier molecular flexibility index (Phi) is 3.44. The van der Waals surface area contributed by atoms with Crippen molar-refractivity contribution in [3.63, 3.8) is 0 Å². The molecule has 0 aliphatic carbocycles. The molecule has 0 unspecified atom stereocenters. The van der Waals surface area contributed by atoms with Crippen LogP contribution in [-0.2, 0) is 0 Å². The molecule has 16 heavy (non-hydrogen) atoms. The maximum Gasteiger partial charge on any atom is 0.162 e. The van der Waals surface area contributed by atoms with Crippen LogP contribution in [0.3, 0.4) is 0 Å². The monoisotopic (exact) mass is 223 g/mol. The molecule has 0 aliphatic heterocycles. The molecule has 0 saturated heterocycles. The number of aliphatic hydroxyl groups excluding tert-OH is 1. The largest absolute Gasteiger partial charge is 0.394 e. The van der Waals surface area contributed by atoms with Gasteiger partial charge in [-0.3, -0.25) is 5.41 Å². The van der Waals surface area contributed by atoms with Gasteiger partial charge in [0.1, 0.15) is 5.84 Å². The van der Waals surface area contributed by atoms with Gasteiger partial charge in [-0.05, 0) is 19.9 Å². The summed E-state index contributed by atoms with van der Waals surface area (Å²) in [6, 6.07) is 1.63. The number of aromatic nitrogens is 2. The topological polar surface area (TPSA) is 99.1 Å². The van der Waals surface area contributed by atoms with Crippen molar-refractivity contribution in [2.45, 2.75) is 19.4 Å². The number of nitrogen functional groups attached to an aromatic ring is 1. The standard InChI is InChI=1S/C10H17N5O/c1-10(2,6-16)15(3)9-7(8(11)12)4-5-13-14-9/h4-5,16H,6H2,1-3H3,(H3,11,12). The number of hydrogen-bond donors (Lipinski definition) is 3. The Morgan fingerprint density at radius 1 is 1.62 bits per heavy atom. The van der Waals surface area contributed by atoms with Crippen molar-refractivity contribution < 1.29 is 5.11 Å². The Labute approximate surface area is 94.6 Å². The summed E-state index contributed by atoms with van der Waals surface area (Å²) < 4.78 is 0. The van der Waals surface area contributed by atoms with Crippen LogP contribution in [0.1, 0.15) is 19.4 Å². The highest BCUT2D eigenvalue weighted by atomic mass is 16.3. The zero-order valence-electron chi connectivity index (χ0n) is 9.73. The molecule has 1 heterocycles. The Bertz CT molecular complexity index is 391. The number of nitrogens with zero attached hydrogens (tertiary/aromatic N) is 3. The molecular formula is C10H17N5O. The van der Waals surface area contributed by atoms with Crippen LogP contribution in [-0.4, -0.2) is 40.3 Å². The minimum atomic E-state index is -0.486. The second kappa shape index (κ2) is 4.44. The normalized spacial score (nSPS) is 11.2. The summed E-state index contributed by atoms with van der Waals surface area (Å²) in [5.41, 5.74) is 5.49. The second-order valence-electron chi connectivity index (χ2n) is 4.21. The molecule has 0 aliphatic rings. The van der Waals surface area contributed by atoms with Crippen LogP contribution in [0.2, 0.25) is 0 Å². The summed E-state index contributed by atoms with van der Waals surface area (Å²) in [6.07, 6.45) is 1.49. The number of nitrogens with one attached hydrogen (secondary N) is 1. The minimum Gasteiger partial charge on any atom is -0.394 e. The van der Waals surface area contributed by atoms with Crippen molar-refractivity contribution in [1.29, 1.82) is 5.41 Å². The third-order valence-corrected chi connectivity index (χ3v) is 2.60. The van der Waals surface area contributed by atoms with Gasteiger partial charge in [-0.2, -0.15) is 5.10 Å². The zero-order chi connectivity index (χ0) is 12.3. The van der Waals surface area contributed by atoms with Crippen molar-refractivity contribution in [1.82, 2.24) is 10.2 Å². The predicted molar refractivity (Wildman–Crippen MR) is 62.6 cm³/mol. The van der Waals surface area contributed by atoms with Crippen LogP contribution in [0.5, 0.6) is 0 Å². The highest BCUT2D eigenvalue weighted by molar-refractivity contribution is 5.99. The van der Waals surface area contributed by atoms with Gasteiger partial charge in [0, 0.05) is 7.05 Å². The van der Waals surface area contributed by atoms with Gasteiger partial charge in [0.2, 0.25) is 0 Å². The molecule has 1 aromatic heterocycles. The van der Waals surface area contributed by atoms with E-state index < -0.39 is 5.54 Å². The quantitative estimate of drug-likeness (QED) is 0.491. The van der Waals surface area contributed by atoms with Gasteiger partial charge in [0.15, 0.2) is 5.82 Å². The number of anilines is 1. The van der Waals surface area contributed by atoms with Crippen molar-refractivity contribution in [2.75, 3.05) is 18.6 Å². The Morgan fingerprint density at radius 2 is 2.25 bits per heavy atom. The van der Waals surface area contributed by atoms with Gasteiger partial charge in [0.25, 0.3) is 0 Å². The number of aliphatic hydroxyl groups is 1. The van der Waals surface area contributed by atoms with Crippen molar-refractivity contribution in [2.24, 2.45) is 5.73 Å². The first-order chi connectivity index (χ1) is 7.40. The fourth-order valence-corrected chi connectivity index (χ4v) is 1.18. The third-order valence-electron chi connectivity index (χ3n) is 2.60. The van der Waals surface area contributed by atoms with E-state index in [1.54, 1.807) is 18.0 Å². The van der Waals surface area contributed by atoms with E-state index in [-0.39, 0.29) is 12.4 Å². The van der Waals surface area contributed by atoms with E-state index in [1.807, 2.05) is 13.8 Å². The summed E-state index contributed by atoms with van der Waals surface area (Å²) in [5.74, 6) is 0.430. The van der Waals surface area contributed by atoms with E-state index in [0.717, 1.165) is 0 Å². The molecule has 0 bridgehead atoms. The number of likely N-dealkylation sites (N-methyl/N-ethyl adjacent to an activating group) is 1. The molecule has 6 nitrogen and oxygen atoms in total. The lowest BCUT2D eigenvalue weighted by molar-refractivity contribution is 0.215. The fourth-order valence-electron chi connectivity index (χ4n) is 1.18. The van der Waals surface area contributed by atoms with Crippen LogP contribution in [0.25, 0.3) is 0 Å². The average molecular weight is 223 g/mol. The lowest BCUT2D eigenvalue weighted by Gasteiger charge is -2.35. The summed E-state index contributed by atoms with van der Waals surface area (Å²) in [4.78, 5) is 1.76. The number of rotatable bonds is 4. The molecular weight excluding hydrogens is 206 g/mol. The SMILES string of the molecule is CN(c1nnccc1C(=N)N)C(C)(C)CO. The molecule has 0 amide bonds.